The van der Waals surface area contributed by atoms with Gasteiger partial charge in [0.2, 0.25) is 5.91 Å². The molecule has 0 spiro atoms. The predicted octanol–water partition coefficient (Wildman–Crippen LogP) is 2.38. The summed E-state index contributed by atoms with van der Waals surface area (Å²) in [5.41, 5.74) is 1.01. The first-order valence-corrected chi connectivity index (χ1v) is 7.37. The molecule has 4 nitrogen and oxygen atoms in total. The highest BCUT2D eigenvalue weighted by Crippen LogP contribution is 2.30. The topological polar surface area (TPSA) is 47.6 Å². The van der Waals surface area contributed by atoms with E-state index >= 15 is 0 Å². The Bertz CT molecular complexity index is 595. The van der Waals surface area contributed by atoms with Gasteiger partial charge in [0.1, 0.15) is 13.2 Å². The molecular formula is C15H15NO3S. The average molecular weight is 289 g/mol. The van der Waals surface area contributed by atoms with Gasteiger partial charge in [-0.2, -0.15) is 0 Å². The SMILES string of the molecule is O=C(Cc1cccs1)NCc1ccc2c(c1)OCCO2. The Balaban J connectivity index is 1.56. The molecule has 1 aromatic carbocycles. The molecule has 0 bridgehead atoms. The lowest BCUT2D eigenvalue weighted by Crippen LogP contribution is -2.24. The van der Waals surface area contributed by atoms with Gasteiger partial charge in [0.25, 0.3) is 0 Å². The quantitative estimate of drug-likeness (QED) is 0.940. The van der Waals surface area contributed by atoms with Crippen LogP contribution in [0.4, 0.5) is 0 Å². The van der Waals surface area contributed by atoms with Crippen molar-refractivity contribution in [2.75, 3.05) is 13.2 Å². The van der Waals surface area contributed by atoms with E-state index in [1.165, 1.54) is 0 Å². The molecule has 2 heterocycles. The van der Waals surface area contributed by atoms with Gasteiger partial charge in [0.15, 0.2) is 11.5 Å². The molecule has 0 saturated carbocycles. The molecule has 0 radical (unpaired) electrons. The van der Waals surface area contributed by atoms with Crippen LogP contribution in [0.25, 0.3) is 0 Å². The summed E-state index contributed by atoms with van der Waals surface area (Å²) >= 11 is 1.59. The van der Waals surface area contributed by atoms with Crippen LogP contribution in [0.3, 0.4) is 0 Å². The number of nitrogens with one attached hydrogen (secondary N) is 1. The molecule has 0 fully saturated rings. The second-order valence-corrected chi connectivity index (χ2v) is 5.54. The zero-order chi connectivity index (χ0) is 13.8. The molecule has 0 aliphatic carbocycles. The van der Waals surface area contributed by atoms with Crippen molar-refractivity contribution in [3.8, 4) is 11.5 Å². The van der Waals surface area contributed by atoms with Gasteiger partial charge in [0, 0.05) is 11.4 Å². The molecule has 1 N–H and O–H groups in total. The van der Waals surface area contributed by atoms with Crippen molar-refractivity contribution in [1.82, 2.24) is 5.32 Å². The van der Waals surface area contributed by atoms with Gasteiger partial charge < -0.3 is 14.8 Å². The van der Waals surface area contributed by atoms with Crippen molar-refractivity contribution in [2.45, 2.75) is 13.0 Å². The van der Waals surface area contributed by atoms with Crippen molar-refractivity contribution in [1.29, 1.82) is 0 Å². The van der Waals surface area contributed by atoms with Crippen LogP contribution in [0.1, 0.15) is 10.4 Å². The summed E-state index contributed by atoms with van der Waals surface area (Å²) in [6.45, 7) is 1.66. The highest BCUT2D eigenvalue weighted by atomic mass is 32.1. The number of rotatable bonds is 4. The van der Waals surface area contributed by atoms with Crippen LogP contribution < -0.4 is 14.8 Å². The Morgan fingerprint density at radius 2 is 2.05 bits per heavy atom. The van der Waals surface area contributed by atoms with Crippen LogP contribution in [0.2, 0.25) is 0 Å². The first-order valence-electron chi connectivity index (χ1n) is 6.49. The fraction of sp³-hybridized carbons (Fsp3) is 0.267. The van der Waals surface area contributed by atoms with E-state index in [0.29, 0.717) is 26.2 Å². The van der Waals surface area contributed by atoms with Crippen molar-refractivity contribution < 1.29 is 14.3 Å². The Hall–Kier alpha value is -2.01. The summed E-state index contributed by atoms with van der Waals surface area (Å²) < 4.78 is 11.0. The predicted molar refractivity (Wildman–Crippen MR) is 77.3 cm³/mol. The van der Waals surface area contributed by atoms with E-state index in [-0.39, 0.29) is 5.91 Å². The summed E-state index contributed by atoms with van der Waals surface area (Å²) in [5, 5.41) is 4.89. The van der Waals surface area contributed by atoms with Crippen LogP contribution in [0, 0.1) is 0 Å². The highest BCUT2D eigenvalue weighted by molar-refractivity contribution is 7.10. The van der Waals surface area contributed by atoms with Crippen molar-refractivity contribution in [3.05, 3.63) is 46.2 Å². The number of carbonyl (C=O) groups excluding carboxylic acids is 1. The zero-order valence-electron chi connectivity index (χ0n) is 10.9. The van der Waals surface area contributed by atoms with E-state index in [9.17, 15) is 4.79 Å². The van der Waals surface area contributed by atoms with E-state index in [1.54, 1.807) is 11.3 Å². The van der Waals surface area contributed by atoms with Crippen LogP contribution >= 0.6 is 11.3 Å². The monoisotopic (exact) mass is 289 g/mol. The summed E-state index contributed by atoms with van der Waals surface area (Å²) in [6, 6.07) is 9.66. The summed E-state index contributed by atoms with van der Waals surface area (Å²) in [4.78, 5) is 12.9. The molecule has 5 heteroatoms. The molecule has 0 atom stereocenters. The van der Waals surface area contributed by atoms with E-state index < -0.39 is 0 Å². The van der Waals surface area contributed by atoms with Crippen LogP contribution in [0.5, 0.6) is 11.5 Å². The van der Waals surface area contributed by atoms with E-state index in [1.807, 2.05) is 35.7 Å². The molecule has 0 unspecified atom stereocenters. The van der Waals surface area contributed by atoms with Gasteiger partial charge in [-0.1, -0.05) is 12.1 Å². The normalized spacial score (nSPS) is 13.0. The van der Waals surface area contributed by atoms with Crippen molar-refractivity contribution in [3.63, 3.8) is 0 Å². The number of amides is 1. The highest BCUT2D eigenvalue weighted by Gasteiger charge is 2.12. The zero-order valence-corrected chi connectivity index (χ0v) is 11.7. The average Bonchev–Trinajstić information content (AvgIpc) is 2.98. The Labute approximate surface area is 121 Å². The van der Waals surface area contributed by atoms with Gasteiger partial charge in [0.05, 0.1) is 6.42 Å². The second kappa shape index (κ2) is 5.96. The summed E-state index contributed by atoms with van der Waals surface area (Å²) in [7, 11) is 0. The van der Waals surface area contributed by atoms with Crippen LogP contribution in [-0.2, 0) is 17.8 Å². The number of carbonyl (C=O) groups is 1. The Morgan fingerprint density at radius 3 is 2.85 bits per heavy atom. The smallest absolute Gasteiger partial charge is 0.225 e. The largest absolute Gasteiger partial charge is 0.486 e. The Morgan fingerprint density at radius 1 is 1.20 bits per heavy atom. The molecule has 1 aliphatic heterocycles. The summed E-state index contributed by atoms with van der Waals surface area (Å²) in [5.74, 6) is 1.55. The third-order valence-corrected chi connectivity index (χ3v) is 3.89. The maximum absolute atomic E-state index is 11.8. The van der Waals surface area contributed by atoms with E-state index in [2.05, 4.69) is 5.32 Å². The third kappa shape index (κ3) is 3.11. The molecule has 1 amide bonds. The molecule has 3 rings (SSSR count). The number of benzene rings is 1. The Kier molecular flexibility index (Phi) is 3.87. The lowest BCUT2D eigenvalue weighted by molar-refractivity contribution is -0.120. The lowest BCUT2D eigenvalue weighted by Gasteiger charge is -2.18. The van der Waals surface area contributed by atoms with E-state index in [0.717, 1.165) is 21.9 Å². The molecule has 104 valence electrons. The molecular weight excluding hydrogens is 274 g/mol. The number of thiophene rings is 1. The van der Waals surface area contributed by atoms with Gasteiger partial charge in [-0.05, 0) is 29.1 Å². The molecule has 1 aromatic heterocycles. The fourth-order valence-electron chi connectivity index (χ4n) is 2.03. The number of ether oxygens (including phenoxy) is 2. The second-order valence-electron chi connectivity index (χ2n) is 4.51. The summed E-state index contributed by atoms with van der Waals surface area (Å²) in [6.07, 6.45) is 0.433. The fourth-order valence-corrected chi connectivity index (χ4v) is 2.74. The maximum Gasteiger partial charge on any atom is 0.225 e. The number of hydrogen-bond acceptors (Lipinski definition) is 4. The van der Waals surface area contributed by atoms with Gasteiger partial charge in [-0.15, -0.1) is 11.3 Å². The molecule has 2 aromatic rings. The molecule has 0 saturated heterocycles. The van der Waals surface area contributed by atoms with Crippen molar-refractivity contribution in [2.24, 2.45) is 0 Å². The number of hydrogen-bond donors (Lipinski definition) is 1. The van der Waals surface area contributed by atoms with Gasteiger partial charge >= 0.3 is 0 Å². The molecule has 20 heavy (non-hydrogen) atoms. The van der Waals surface area contributed by atoms with E-state index in [4.69, 9.17) is 9.47 Å². The first kappa shape index (κ1) is 13.0. The standard InChI is InChI=1S/C15H15NO3S/c17-15(9-12-2-1-7-20-12)16-10-11-3-4-13-14(8-11)19-6-5-18-13/h1-4,7-8H,5-6,9-10H2,(H,16,17). The minimum atomic E-state index is 0.0299. The minimum absolute atomic E-state index is 0.0299. The molecule has 1 aliphatic rings. The minimum Gasteiger partial charge on any atom is -0.486 e. The van der Waals surface area contributed by atoms with Crippen LogP contribution in [0.15, 0.2) is 35.7 Å². The van der Waals surface area contributed by atoms with Crippen molar-refractivity contribution >= 4 is 17.2 Å². The van der Waals surface area contributed by atoms with Gasteiger partial charge in [-0.3, -0.25) is 4.79 Å². The third-order valence-electron chi connectivity index (χ3n) is 3.01. The maximum atomic E-state index is 11.8. The number of fused-ring (bicyclic) bond motifs is 1. The first-order chi connectivity index (χ1) is 9.81. The van der Waals surface area contributed by atoms with Crippen LogP contribution in [-0.4, -0.2) is 19.1 Å². The lowest BCUT2D eigenvalue weighted by atomic mass is 10.2. The van der Waals surface area contributed by atoms with Gasteiger partial charge in [-0.25, -0.2) is 0 Å².